The molecule has 2 aromatic carbocycles. The Hall–Kier alpha value is -3.68. The third kappa shape index (κ3) is 5.09. The molecule has 160 valence electrons. The molecule has 0 atom stereocenters. The lowest BCUT2D eigenvalue weighted by atomic mass is 10.2. The average Bonchev–Trinajstić information content (AvgIpc) is 3.48. The number of hydrogen-bond donors (Lipinski definition) is 0. The number of benzene rings is 2. The van der Waals surface area contributed by atoms with E-state index in [4.69, 9.17) is 18.3 Å². The molecule has 31 heavy (non-hydrogen) atoms. The third-order valence-corrected chi connectivity index (χ3v) is 4.56. The topological polar surface area (TPSA) is 96.3 Å². The molecule has 2 heterocycles. The maximum absolute atomic E-state index is 5.73. The van der Waals surface area contributed by atoms with Gasteiger partial charge in [-0.2, -0.15) is 0 Å². The summed E-state index contributed by atoms with van der Waals surface area (Å²) < 4.78 is 22.6. The predicted molar refractivity (Wildman–Crippen MR) is 115 cm³/mol. The Morgan fingerprint density at radius 1 is 0.613 bits per heavy atom. The first-order chi connectivity index (χ1) is 15.3. The highest BCUT2D eigenvalue weighted by atomic mass is 16.5. The van der Waals surface area contributed by atoms with Crippen molar-refractivity contribution in [3.8, 4) is 46.2 Å². The molecule has 4 rings (SSSR count). The van der Waals surface area contributed by atoms with E-state index < -0.39 is 0 Å². The van der Waals surface area contributed by atoms with E-state index in [-0.39, 0.29) is 11.8 Å². The predicted octanol–water partition coefficient (Wildman–Crippen LogP) is 5.42. The van der Waals surface area contributed by atoms with Crippen molar-refractivity contribution in [1.29, 1.82) is 0 Å². The molecule has 8 heteroatoms. The minimum Gasteiger partial charge on any atom is -0.494 e. The standard InChI is InChI=1S/C23H24N4O4/c1-3-5-6-15-29-19-13-9-17(10-14-19)21-25-27-23(31-21)22-26-24-20(30-22)16-7-11-18(12-8-16)28-4-2/h7-14H,3-6,15H2,1-2H3. The quantitative estimate of drug-likeness (QED) is 0.314. The molecule has 0 fully saturated rings. The van der Waals surface area contributed by atoms with Gasteiger partial charge in [-0.05, 0) is 61.9 Å². The molecule has 0 saturated heterocycles. The van der Waals surface area contributed by atoms with Crippen LogP contribution in [0, 0.1) is 0 Å². The monoisotopic (exact) mass is 420 g/mol. The number of unbranched alkanes of at least 4 members (excludes halogenated alkanes) is 2. The summed E-state index contributed by atoms with van der Waals surface area (Å²) in [4.78, 5) is 0. The van der Waals surface area contributed by atoms with Crippen LogP contribution < -0.4 is 9.47 Å². The molecule has 0 spiro atoms. The van der Waals surface area contributed by atoms with Crippen LogP contribution >= 0.6 is 0 Å². The summed E-state index contributed by atoms with van der Waals surface area (Å²) in [5.74, 6) is 2.66. The van der Waals surface area contributed by atoms with Gasteiger partial charge in [-0.3, -0.25) is 0 Å². The van der Waals surface area contributed by atoms with Gasteiger partial charge in [0.15, 0.2) is 0 Å². The zero-order valence-corrected chi connectivity index (χ0v) is 17.6. The maximum Gasteiger partial charge on any atom is 0.306 e. The number of rotatable bonds is 10. The largest absolute Gasteiger partial charge is 0.494 e. The Labute approximate surface area is 180 Å². The molecule has 8 nitrogen and oxygen atoms in total. The van der Waals surface area contributed by atoms with Crippen molar-refractivity contribution in [3.05, 3.63) is 48.5 Å². The van der Waals surface area contributed by atoms with Crippen LogP contribution in [0.1, 0.15) is 33.1 Å². The molecular weight excluding hydrogens is 396 g/mol. The second kappa shape index (κ2) is 9.88. The summed E-state index contributed by atoms with van der Waals surface area (Å²) >= 11 is 0. The van der Waals surface area contributed by atoms with Crippen molar-refractivity contribution in [2.75, 3.05) is 13.2 Å². The van der Waals surface area contributed by atoms with Gasteiger partial charge in [0.25, 0.3) is 0 Å². The van der Waals surface area contributed by atoms with Gasteiger partial charge >= 0.3 is 11.8 Å². The second-order valence-electron chi connectivity index (χ2n) is 6.86. The summed E-state index contributed by atoms with van der Waals surface area (Å²) in [6, 6.07) is 15.0. The van der Waals surface area contributed by atoms with Crippen molar-refractivity contribution in [1.82, 2.24) is 20.4 Å². The summed E-state index contributed by atoms with van der Waals surface area (Å²) in [6.45, 7) is 5.43. The van der Waals surface area contributed by atoms with Crippen molar-refractivity contribution in [3.63, 3.8) is 0 Å². The minimum atomic E-state index is 0.165. The van der Waals surface area contributed by atoms with Crippen LogP contribution in [-0.2, 0) is 0 Å². The van der Waals surface area contributed by atoms with E-state index >= 15 is 0 Å². The molecule has 0 aliphatic carbocycles. The normalized spacial score (nSPS) is 10.9. The van der Waals surface area contributed by atoms with E-state index in [9.17, 15) is 0 Å². The Morgan fingerprint density at radius 3 is 1.58 bits per heavy atom. The smallest absolute Gasteiger partial charge is 0.306 e. The Kier molecular flexibility index (Phi) is 6.56. The minimum absolute atomic E-state index is 0.165. The van der Waals surface area contributed by atoms with Gasteiger partial charge < -0.3 is 18.3 Å². The van der Waals surface area contributed by atoms with E-state index in [0.717, 1.165) is 29.0 Å². The third-order valence-electron chi connectivity index (χ3n) is 4.56. The summed E-state index contributed by atoms with van der Waals surface area (Å²) in [7, 11) is 0. The lowest BCUT2D eigenvalue weighted by Gasteiger charge is -2.05. The van der Waals surface area contributed by atoms with Crippen LogP contribution in [-0.4, -0.2) is 33.6 Å². The molecule has 0 aliphatic heterocycles. The molecule has 0 saturated carbocycles. The Balaban J connectivity index is 1.43. The fraction of sp³-hybridized carbons (Fsp3) is 0.304. The lowest BCUT2D eigenvalue weighted by Crippen LogP contribution is -1.96. The van der Waals surface area contributed by atoms with Crippen LogP contribution in [0.4, 0.5) is 0 Å². The second-order valence-corrected chi connectivity index (χ2v) is 6.86. The molecule has 0 radical (unpaired) electrons. The number of ether oxygens (including phenoxy) is 2. The molecule has 0 bridgehead atoms. The van der Waals surface area contributed by atoms with E-state index in [1.165, 1.54) is 12.8 Å². The van der Waals surface area contributed by atoms with Gasteiger partial charge in [-0.15, -0.1) is 20.4 Å². The number of hydrogen-bond acceptors (Lipinski definition) is 8. The van der Waals surface area contributed by atoms with Gasteiger partial charge in [-0.25, -0.2) is 0 Å². The van der Waals surface area contributed by atoms with Crippen LogP contribution in [0.15, 0.2) is 57.4 Å². The van der Waals surface area contributed by atoms with Gasteiger partial charge in [-0.1, -0.05) is 19.8 Å². The van der Waals surface area contributed by atoms with Gasteiger partial charge in [0.05, 0.1) is 13.2 Å². The first-order valence-electron chi connectivity index (χ1n) is 10.4. The van der Waals surface area contributed by atoms with E-state index in [1.807, 2.05) is 55.5 Å². The van der Waals surface area contributed by atoms with Crippen LogP contribution in [0.5, 0.6) is 11.5 Å². The highest BCUT2D eigenvalue weighted by Crippen LogP contribution is 2.27. The van der Waals surface area contributed by atoms with Crippen molar-refractivity contribution in [2.45, 2.75) is 33.1 Å². The Morgan fingerprint density at radius 2 is 1.10 bits per heavy atom. The van der Waals surface area contributed by atoms with E-state index in [1.54, 1.807) is 0 Å². The van der Waals surface area contributed by atoms with E-state index in [2.05, 4.69) is 27.3 Å². The van der Waals surface area contributed by atoms with E-state index in [0.29, 0.717) is 25.0 Å². The van der Waals surface area contributed by atoms with Crippen LogP contribution in [0.2, 0.25) is 0 Å². The van der Waals surface area contributed by atoms with Crippen molar-refractivity contribution in [2.24, 2.45) is 0 Å². The van der Waals surface area contributed by atoms with Crippen molar-refractivity contribution >= 4 is 0 Å². The summed E-state index contributed by atoms with van der Waals surface area (Å²) in [5.41, 5.74) is 1.56. The number of aromatic nitrogens is 4. The van der Waals surface area contributed by atoms with Gasteiger partial charge in [0.2, 0.25) is 11.8 Å². The molecule has 4 aromatic rings. The highest BCUT2D eigenvalue weighted by Gasteiger charge is 2.17. The van der Waals surface area contributed by atoms with Crippen LogP contribution in [0.3, 0.4) is 0 Å². The fourth-order valence-corrected chi connectivity index (χ4v) is 2.95. The fourth-order valence-electron chi connectivity index (χ4n) is 2.95. The summed E-state index contributed by atoms with van der Waals surface area (Å²) in [5, 5.41) is 16.2. The zero-order chi connectivity index (χ0) is 21.5. The van der Waals surface area contributed by atoms with Gasteiger partial charge in [0.1, 0.15) is 11.5 Å². The zero-order valence-electron chi connectivity index (χ0n) is 17.6. The maximum atomic E-state index is 5.73. The van der Waals surface area contributed by atoms with Crippen molar-refractivity contribution < 1.29 is 18.3 Å². The average molecular weight is 420 g/mol. The molecule has 0 N–H and O–H groups in total. The number of nitrogens with zero attached hydrogens (tertiary/aromatic N) is 4. The molecule has 0 aliphatic rings. The SMILES string of the molecule is CCCCCOc1ccc(-c2nnc(-c3nnc(-c4ccc(OCC)cc4)o3)o2)cc1. The molecule has 0 unspecified atom stereocenters. The highest BCUT2D eigenvalue weighted by molar-refractivity contribution is 5.57. The molecule has 2 aromatic heterocycles. The Bertz CT molecular complexity index is 1090. The molecular formula is C23H24N4O4. The first-order valence-corrected chi connectivity index (χ1v) is 10.4. The lowest BCUT2D eigenvalue weighted by molar-refractivity contribution is 0.306. The first kappa shape index (κ1) is 20.6. The summed E-state index contributed by atoms with van der Waals surface area (Å²) in [6.07, 6.45) is 3.39. The van der Waals surface area contributed by atoms with Crippen LogP contribution in [0.25, 0.3) is 34.7 Å². The molecule has 0 amide bonds. The van der Waals surface area contributed by atoms with Gasteiger partial charge in [0, 0.05) is 11.1 Å².